The SMILES string of the molecule is Cc1nc(-c2cccc(Br)c2)ccc1C(=O)N1CC=C(c2c[nH]c3ncccc23)CC1. The summed E-state index contributed by atoms with van der Waals surface area (Å²) < 4.78 is 1.01. The number of aryl methyl sites for hydroxylation is 1. The van der Waals surface area contributed by atoms with Crippen LogP contribution < -0.4 is 0 Å². The summed E-state index contributed by atoms with van der Waals surface area (Å²) in [5, 5.41) is 1.12. The van der Waals surface area contributed by atoms with Crippen LogP contribution in [0.15, 0.2) is 71.5 Å². The van der Waals surface area contributed by atoms with Crippen LogP contribution in [-0.2, 0) is 0 Å². The number of carbonyl (C=O) groups is 1. The molecule has 0 saturated heterocycles. The molecule has 5 rings (SSSR count). The van der Waals surface area contributed by atoms with Crippen molar-refractivity contribution in [3.8, 4) is 11.3 Å². The Morgan fingerprint density at radius 1 is 1.16 bits per heavy atom. The van der Waals surface area contributed by atoms with Crippen LogP contribution in [0.4, 0.5) is 0 Å². The fraction of sp³-hybridized carbons (Fsp3) is 0.160. The summed E-state index contributed by atoms with van der Waals surface area (Å²) in [6.45, 7) is 3.18. The molecule has 1 aromatic carbocycles. The highest BCUT2D eigenvalue weighted by atomic mass is 79.9. The fourth-order valence-corrected chi connectivity index (χ4v) is 4.49. The summed E-state index contributed by atoms with van der Waals surface area (Å²) in [4.78, 5) is 27.3. The third kappa shape index (κ3) is 3.79. The molecule has 5 nitrogen and oxygen atoms in total. The van der Waals surface area contributed by atoms with Crippen molar-refractivity contribution in [2.24, 2.45) is 0 Å². The number of H-pyrrole nitrogens is 1. The number of nitrogens with zero attached hydrogens (tertiary/aromatic N) is 3. The van der Waals surface area contributed by atoms with Gasteiger partial charge in [-0.2, -0.15) is 0 Å². The van der Waals surface area contributed by atoms with Crippen LogP contribution in [0.25, 0.3) is 27.9 Å². The molecule has 0 aliphatic carbocycles. The van der Waals surface area contributed by atoms with Gasteiger partial charge in [0.1, 0.15) is 5.65 Å². The highest BCUT2D eigenvalue weighted by Gasteiger charge is 2.22. The van der Waals surface area contributed by atoms with E-state index in [2.05, 4.69) is 38.0 Å². The molecule has 6 heteroatoms. The molecule has 3 aromatic heterocycles. The van der Waals surface area contributed by atoms with Gasteiger partial charge in [-0.25, -0.2) is 4.98 Å². The van der Waals surface area contributed by atoms with Crippen LogP contribution in [0.3, 0.4) is 0 Å². The Balaban J connectivity index is 1.35. The van der Waals surface area contributed by atoms with E-state index in [9.17, 15) is 4.79 Å². The van der Waals surface area contributed by atoms with Gasteiger partial charge in [0, 0.05) is 46.5 Å². The smallest absolute Gasteiger partial charge is 0.255 e. The predicted octanol–water partition coefficient (Wildman–Crippen LogP) is 5.63. The molecule has 4 aromatic rings. The van der Waals surface area contributed by atoms with Crippen molar-refractivity contribution in [3.63, 3.8) is 0 Å². The lowest BCUT2D eigenvalue weighted by atomic mass is 9.99. The number of pyridine rings is 2. The first-order valence-corrected chi connectivity index (χ1v) is 11.0. The molecule has 4 heterocycles. The Hall–Kier alpha value is -3.25. The van der Waals surface area contributed by atoms with Gasteiger partial charge in [0.15, 0.2) is 0 Å². The number of carbonyl (C=O) groups excluding carboxylic acids is 1. The number of aromatic nitrogens is 3. The first-order chi connectivity index (χ1) is 15.1. The lowest BCUT2D eigenvalue weighted by molar-refractivity contribution is 0.0771. The van der Waals surface area contributed by atoms with Gasteiger partial charge in [-0.3, -0.25) is 9.78 Å². The van der Waals surface area contributed by atoms with Crippen molar-refractivity contribution in [3.05, 3.63) is 88.3 Å². The zero-order valence-electron chi connectivity index (χ0n) is 17.1. The van der Waals surface area contributed by atoms with E-state index < -0.39 is 0 Å². The van der Waals surface area contributed by atoms with Crippen molar-refractivity contribution in [2.45, 2.75) is 13.3 Å². The number of benzene rings is 1. The van der Waals surface area contributed by atoms with E-state index in [0.717, 1.165) is 38.9 Å². The van der Waals surface area contributed by atoms with Gasteiger partial charge in [-0.05, 0) is 55.3 Å². The van der Waals surface area contributed by atoms with Crippen LogP contribution in [0.1, 0.15) is 28.0 Å². The van der Waals surface area contributed by atoms with E-state index in [0.29, 0.717) is 18.7 Å². The summed E-state index contributed by atoms with van der Waals surface area (Å²) in [5.74, 6) is 0.0293. The van der Waals surface area contributed by atoms with Crippen molar-refractivity contribution in [1.82, 2.24) is 19.9 Å². The quantitative estimate of drug-likeness (QED) is 0.420. The van der Waals surface area contributed by atoms with E-state index in [1.807, 2.05) is 60.5 Å². The molecule has 1 N–H and O–H groups in total. The summed E-state index contributed by atoms with van der Waals surface area (Å²) in [7, 11) is 0. The van der Waals surface area contributed by atoms with Gasteiger partial charge in [0.2, 0.25) is 0 Å². The lowest BCUT2D eigenvalue weighted by Gasteiger charge is -2.27. The molecule has 154 valence electrons. The molecule has 0 saturated carbocycles. The second kappa shape index (κ2) is 8.12. The van der Waals surface area contributed by atoms with Gasteiger partial charge in [-0.15, -0.1) is 0 Å². The number of hydrogen-bond acceptors (Lipinski definition) is 3. The Morgan fingerprint density at radius 2 is 2.06 bits per heavy atom. The summed E-state index contributed by atoms with van der Waals surface area (Å²) >= 11 is 3.50. The Bertz CT molecular complexity index is 1320. The number of rotatable bonds is 3. The van der Waals surface area contributed by atoms with Gasteiger partial charge in [0.05, 0.1) is 17.0 Å². The van der Waals surface area contributed by atoms with E-state index >= 15 is 0 Å². The molecule has 1 amide bonds. The van der Waals surface area contributed by atoms with Crippen molar-refractivity contribution < 1.29 is 4.79 Å². The Labute approximate surface area is 189 Å². The largest absolute Gasteiger partial charge is 0.346 e. The number of aromatic amines is 1. The third-order valence-corrected chi connectivity index (χ3v) is 6.22. The highest BCUT2D eigenvalue weighted by Crippen LogP contribution is 2.29. The second-order valence-electron chi connectivity index (χ2n) is 7.67. The summed E-state index contributed by atoms with van der Waals surface area (Å²) in [6.07, 6.45) is 6.76. The van der Waals surface area contributed by atoms with Crippen LogP contribution in [0.5, 0.6) is 0 Å². The van der Waals surface area contributed by atoms with Crippen molar-refractivity contribution in [2.75, 3.05) is 13.1 Å². The molecule has 31 heavy (non-hydrogen) atoms. The standard InChI is InChI=1S/C25H21BrN4O/c1-16-20(7-8-23(29-16)18-4-2-5-19(26)14-18)25(31)30-12-9-17(10-13-30)22-15-28-24-21(22)6-3-11-27-24/h2-9,11,14-15H,10,12-13H2,1H3,(H,27,28). The fourth-order valence-electron chi connectivity index (χ4n) is 4.09. The molecular formula is C25H21BrN4O. The first-order valence-electron chi connectivity index (χ1n) is 10.2. The number of halogens is 1. The molecule has 0 radical (unpaired) electrons. The summed E-state index contributed by atoms with van der Waals surface area (Å²) in [6, 6.07) is 15.9. The lowest BCUT2D eigenvalue weighted by Crippen LogP contribution is -2.35. The van der Waals surface area contributed by atoms with Crippen LogP contribution in [-0.4, -0.2) is 38.8 Å². The average molecular weight is 473 g/mol. The van der Waals surface area contributed by atoms with Gasteiger partial charge >= 0.3 is 0 Å². The van der Waals surface area contributed by atoms with E-state index in [4.69, 9.17) is 4.98 Å². The highest BCUT2D eigenvalue weighted by molar-refractivity contribution is 9.10. The third-order valence-electron chi connectivity index (χ3n) is 5.73. The van der Waals surface area contributed by atoms with Crippen molar-refractivity contribution >= 4 is 38.4 Å². The molecular weight excluding hydrogens is 452 g/mol. The number of hydrogen-bond donors (Lipinski definition) is 1. The van der Waals surface area contributed by atoms with Gasteiger partial charge in [0.25, 0.3) is 5.91 Å². The van der Waals surface area contributed by atoms with E-state index in [-0.39, 0.29) is 5.91 Å². The monoisotopic (exact) mass is 472 g/mol. The second-order valence-corrected chi connectivity index (χ2v) is 8.59. The maximum atomic E-state index is 13.2. The van der Waals surface area contributed by atoms with Crippen LogP contribution >= 0.6 is 15.9 Å². The minimum atomic E-state index is 0.0293. The first kappa shape index (κ1) is 19.7. The Kier molecular flexibility index (Phi) is 5.16. The zero-order chi connectivity index (χ0) is 21.4. The van der Waals surface area contributed by atoms with Gasteiger partial charge in [-0.1, -0.05) is 34.1 Å². The van der Waals surface area contributed by atoms with E-state index in [1.165, 1.54) is 11.1 Å². The average Bonchev–Trinajstić information content (AvgIpc) is 3.23. The minimum absolute atomic E-state index is 0.0293. The number of fused-ring (bicyclic) bond motifs is 1. The predicted molar refractivity (Wildman–Crippen MR) is 127 cm³/mol. The van der Waals surface area contributed by atoms with Crippen molar-refractivity contribution in [1.29, 1.82) is 0 Å². The van der Waals surface area contributed by atoms with Crippen LogP contribution in [0.2, 0.25) is 0 Å². The normalized spacial score (nSPS) is 14.0. The molecule has 0 unspecified atom stereocenters. The number of nitrogens with one attached hydrogen (secondary N) is 1. The zero-order valence-corrected chi connectivity index (χ0v) is 18.7. The summed E-state index contributed by atoms with van der Waals surface area (Å²) in [5.41, 5.74) is 6.62. The molecule has 1 aliphatic heterocycles. The van der Waals surface area contributed by atoms with Gasteiger partial charge < -0.3 is 9.88 Å². The number of amides is 1. The minimum Gasteiger partial charge on any atom is -0.346 e. The maximum absolute atomic E-state index is 13.2. The Morgan fingerprint density at radius 3 is 2.84 bits per heavy atom. The van der Waals surface area contributed by atoms with Crippen LogP contribution in [0, 0.1) is 6.92 Å². The molecule has 0 spiro atoms. The topological polar surface area (TPSA) is 61.9 Å². The molecule has 0 bridgehead atoms. The molecule has 0 fully saturated rings. The molecule has 1 aliphatic rings. The van der Waals surface area contributed by atoms with E-state index in [1.54, 1.807) is 6.20 Å². The molecule has 0 atom stereocenters. The maximum Gasteiger partial charge on any atom is 0.255 e.